The van der Waals surface area contributed by atoms with Crippen molar-refractivity contribution >= 4 is 43.5 Å². The van der Waals surface area contributed by atoms with Crippen LogP contribution in [0.3, 0.4) is 0 Å². The predicted octanol–water partition coefficient (Wildman–Crippen LogP) is 3.43. The number of nitrogens with one attached hydrogen (secondary N) is 1. The summed E-state index contributed by atoms with van der Waals surface area (Å²) in [5.74, 6) is -0.326. The fourth-order valence-electron chi connectivity index (χ4n) is 2.26. The Morgan fingerprint density at radius 3 is 2.40 bits per heavy atom. The lowest BCUT2D eigenvalue weighted by molar-refractivity contribution is -0.131. The quantitative estimate of drug-likeness (QED) is 0.741. The number of hydrogen-bond donors (Lipinski definition) is 1. The number of benzene rings is 2. The van der Waals surface area contributed by atoms with E-state index in [0.717, 1.165) is 10.0 Å². The van der Waals surface area contributed by atoms with Gasteiger partial charge in [-0.05, 0) is 42.8 Å². The number of rotatable bonds is 6. The van der Waals surface area contributed by atoms with Gasteiger partial charge in [0.05, 0.1) is 10.9 Å². The number of hydrogen-bond acceptors (Lipinski definition) is 3. The van der Waals surface area contributed by atoms with Gasteiger partial charge in [0.2, 0.25) is 15.9 Å². The molecule has 0 fully saturated rings. The van der Waals surface area contributed by atoms with Crippen LogP contribution >= 0.6 is 27.5 Å². The number of carbonyl (C=O) groups is 1. The van der Waals surface area contributed by atoms with E-state index in [9.17, 15) is 13.2 Å². The summed E-state index contributed by atoms with van der Waals surface area (Å²) in [6.45, 7) is 1.89. The van der Waals surface area contributed by atoms with Gasteiger partial charge in [-0.15, -0.1) is 0 Å². The molecular weight excluding hydrogens is 428 g/mol. The third-order valence-electron chi connectivity index (χ3n) is 3.57. The van der Waals surface area contributed by atoms with Gasteiger partial charge >= 0.3 is 0 Å². The maximum atomic E-state index is 12.5. The van der Waals surface area contributed by atoms with Crippen LogP contribution in [0, 0.1) is 0 Å². The standard InChI is InChI=1S/C17H18BrClN2O3S/c1-12(20-25(23,24)15-9-7-14(19)8-10-15)17(22)21(2)11-13-5-3-4-6-16(13)18/h3-10,12,20H,11H2,1-2H3/t12-/m0/s1. The molecule has 0 spiro atoms. The molecule has 1 amide bonds. The van der Waals surface area contributed by atoms with Crippen LogP contribution in [0.2, 0.25) is 5.02 Å². The van der Waals surface area contributed by atoms with Gasteiger partial charge in [-0.3, -0.25) is 4.79 Å². The molecule has 2 rings (SSSR count). The Labute approximate surface area is 161 Å². The molecule has 8 heteroatoms. The lowest BCUT2D eigenvalue weighted by atomic mass is 10.2. The molecule has 0 aromatic heterocycles. The highest BCUT2D eigenvalue weighted by Gasteiger charge is 2.24. The maximum Gasteiger partial charge on any atom is 0.241 e. The molecule has 1 N–H and O–H groups in total. The summed E-state index contributed by atoms with van der Waals surface area (Å²) in [4.78, 5) is 14.0. The zero-order valence-corrected chi connectivity index (χ0v) is 16.9. The fourth-order valence-corrected chi connectivity index (χ4v) is 3.99. The van der Waals surface area contributed by atoms with E-state index in [4.69, 9.17) is 11.6 Å². The number of halogens is 2. The minimum absolute atomic E-state index is 0.0602. The Kier molecular flexibility index (Phi) is 6.62. The number of sulfonamides is 1. The summed E-state index contributed by atoms with van der Waals surface area (Å²) in [6, 6.07) is 12.4. The highest BCUT2D eigenvalue weighted by atomic mass is 79.9. The van der Waals surface area contributed by atoms with Gasteiger partial charge in [0.15, 0.2) is 0 Å². The lowest BCUT2D eigenvalue weighted by Gasteiger charge is -2.22. The van der Waals surface area contributed by atoms with Crippen molar-refractivity contribution in [1.82, 2.24) is 9.62 Å². The normalized spacial score (nSPS) is 12.6. The van der Waals surface area contributed by atoms with Crippen molar-refractivity contribution in [1.29, 1.82) is 0 Å². The van der Waals surface area contributed by atoms with Crippen molar-refractivity contribution in [3.05, 3.63) is 63.6 Å². The Bertz CT molecular complexity index is 856. The lowest BCUT2D eigenvalue weighted by Crippen LogP contribution is -2.45. The van der Waals surface area contributed by atoms with Crippen molar-refractivity contribution in [3.8, 4) is 0 Å². The van der Waals surface area contributed by atoms with Gasteiger partial charge in [-0.2, -0.15) is 4.72 Å². The molecule has 0 bridgehead atoms. The Balaban J connectivity index is 2.06. The van der Waals surface area contributed by atoms with Gasteiger partial charge < -0.3 is 4.90 Å². The average Bonchev–Trinajstić information content (AvgIpc) is 2.56. The summed E-state index contributed by atoms with van der Waals surface area (Å²) < 4.78 is 28.0. The van der Waals surface area contributed by atoms with E-state index in [2.05, 4.69) is 20.7 Å². The summed E-state index contributed by atoms with van der Waals surface area (Å²) in [5.41, 5.74) is 0.936. The molecule has 0 unspecified atom stereocenters. The van der Waals surface area contributed by atoms with Crippen molar-refractivity contribution in [2.45, 2.75) is 24.4 Å². The number of carbonyl (C=O) groups excluding carboxylic acids is 1. The highest BCUT2D eigenvalue weighted by Crippen LogP contribution is 2.18. The molecule has 0 aliphatic rings. The minimum atomic E-state index is -3.80. The second-order valence-electron chi connectivity index (χ2n) is 5.58. The Morgan fingerprint density at radius 1 is 1.20 bits per heavy atom. The first-order chi connectivity index (χ1) is 11.7. The summed E-state index contributed by atoms with van der Waals surface area (Å²) >= 11 is 9.21. The van der Waals surface area contributed by atoms with Crippen LogP contribution in [0.1, 0.15) is 12.5 Å². The third kappa shape index (κ3) is 5.28. The van der Waals surface area contributed by atoms with Gasteiger partial charge in [0.1, 0.15) is 0 Å². The zero-order valence-electron chi connectivity index (χ0n) is 13.7. The largest absolute Gasteiger partial charge is 0.340 e. The Hall–Kier alpha value is -1.41. The van der Waals surface area contributed by atoms with Crippen LogP contribution in [0.4, 0.5) is 0 Å². The van der Waals surface area contributed by atoms with E-state index in [1.54, 1.807) is 7.05 Å². The van der Waals surface area contributed by atoms with Crippen LogP contribution in [-0.4, -0.2) is 32.3 Å². The molecule has 0 heterocycles. The van der Waals surface area contributed by atoms with E-state index < -0.39 is 16.1 Å². The molecule has 1 atom stereocenters. The van der Waals surface area contributed by atoms with Gasteiger partial charge in [-0.25, -0.2) is 8.42 Å². The van der Waals surface area contributed by atoms with Crippen LogP contribution < -0.4 is 4.72 Å². The smallest absolute Gasteiger partial charge is 0.241 e. The van der Waals surface area contributed by atoms with Gasteiger partial charge in [0, 0.05) is 23.1 Å². The molecule has 2 aromatic rings. The molecule has 0 radical (unpaired) electrons. The SMILES string of the molecule is C[C@H](NS(=O)(=O)c1ccc(Cl)cc1)C(=O)N(C)Cc1ccccc1Br. The van der Waals surface area contributed by atoms with Crippen LogP contribution in [0.25, 0.3) is 0 Å². The molecule has 0 aliphatic heterocycles. The monoisotopic (exact) mass is 444 g/mol. The molecule has 25 heavy (non-hydrogen) atoms. The van der Waals surface area contributed by atoms with E-state index in [-0.39, 0.29) is 10.8 Å². The van der Waals surface area contributed by atoms with E-state index in [0.29, 0.717) is 11.6 Å². The van der Waals surface area contributed by atoms with Gasteiger partial charge in [-0.1, -0.05) is 45.7 Å². The van der Waals surface area contributed by atoms with Crippen LogP contribution in [0.5, 0.6) is 0 Å². The fraction of sp³-hybridized carbons (Fsp3) is 0.235. The number of likely N-dealkylation sites (N-methyl/N-ethyl adjacent to an activating group) is 1. The van der Waals surface area contributed by atoms with Crippen molar-refractivity contribution < 1.29 is 13.2 Å². The molecule has 134 valence electrons. The average molecular weight is 446 g/mol. The number of amides is 1. The molecule has 2 aromatic carbocycles. The predicted molar refractivity (Wildman–Crippen MR) is 102 cm³/mol. The zero-order chi connectivity index (χ0) is 18.6. The summed E-state index contributed by atoms with van der Waals surface area (Å²) in [7, 11) is -2.17. The molecule has 5 nitrogen and oxygen atoms in total. The first-order valence-corrected chi connectivity index (χ1v) is 10.1. The van der Waals surface area contributed by atoms with Crippen LogP contribution in [0.15, 0.2) is 57.9 Å². The van der Waals surface area contributed by atoms with E-state index in [1.807, 2.05) is 24.3 Å². The summed E-state index contributed by atoms with van der Waals surface area (Å²) in [6.07, 6.45) is 0. The molecular formula is C17H18BrClN2O3S. The first-order valence-electron chi connectivity index (χ1n) is 7.47. The van der Waals surface area contributed by atoms with E-state index >= 15 is 0 Å². The number of nitrogens with zero attached hydrogens (tertiary/aromatic N) is 1. The second kappa shape index (κ2) is 8.31. The van der Waals surface area contributed by atoms with E-state index in [1.165, 1.54) is 36.1 Å². The first kappa shape index (κ1) is 19.9. The highest BCUT2D eigenvalue weighted by molar-refractivity contribution is 9.10. The van der Waals surface area contributed by atoms with Crippen LogP contribution in [-0.2, 0) is 21.4 Å². The van der Waals surface area contributed by atoms with Gasteiger partial charge in [0.25, 0.3) is 0 Å². The minimum Gasteiger partial charge on any atom is -0.340 e. The van der Waals surface area contributed by atoms with Crippen molar-refractivity contribution in [3.63, 3.8) is 0 Å². The topological polar surface area (TPSA) is 66.5 Å². The summed E-state index contributed by atoms with van der Waals surface area (Å²) in [5, 5.41) is 0.441. The maximum absolute atomic E-state index is 12.5. The molecule has 0 aliphatic carbocycles. The van der Waals surface area contributed by atoms with Crippen molar-refractivity contribution in [2.75, 3.05) is 7.05 Å². The third-order valence-corrected chi connectivity index (χ3v) is 6.15. The second-order valence-corrected chi connectivity index (χ2v) is 8.59. The Morgan fingerprint density at radius 2 is 1.80 bits per heavy atom. The molecule has 0 saturated heterocycles. The molecule has 0 saturated carbocycles. The van der Waals surface area contributed by atoms with Crippen molar-refractivity contribution in [2.24, 2.45) is 0 Å².